The zero-order valence-corrected chi connectivity index (χ0v) is 18.2. The summed E-state index contributed by atoms with van der Waals surface area (Å²) >= 11 is 8.56. The van der Waals surface area contributed by atoms with Crippen molar-refractivity contribution < 1.29 is 0 Å². The molecule has 0 bridgehead atoms. The van der Waals surface area contributed by atoms with Crippen LogP contribution in [0.15, 0.2) is 48.8 Å². The summed E-state index contributed by atoms with van der Waals surface area (Å²) < 4.78 is 0. The Labute approximate surface area is 174 Å². The molecule has 26 heavy (non-hydrogen) atoms. The minimum absolute atomic E-state index is 0.823. The van der Waals surface area contributed by atoms with Crippen molar-refractivity contribution in [2.24, 2.45) is 0 Å². The largest absolute Gasteiger partial charge is 0.261 e. The monoisotopic (exact) mass is 422 g/mol. The van der Waals surface area contributed by atoms with Crippen LogP contribution >= 0.6 is 47.0 Å². The maximum atomic E-state index is 4.40. The number of aryl methyl sites for hydroxylation is 2. The van der Waals surface area contributed by atoms with Crippen LogP contribution in [0.1, 0.15) is 11.4 Å². The van der Waals surface area contributed by atoms with E-state index in [1.165, 1.54) is 45.9 Å². The van der Waals surface area contributed by atoms with Gasteiger partial charge < -0.3 is 0 Å². The summed E-state index contributed by atoms with van der Waals surface area (Å²) in [5.41, 5.74) is 2.43. The van der Waals surface area contributed by atoms with Crippen LogP contribution in [-0.4, -0.2) is 55.0 Å². The molecule has 0 aromatic carbocycles. The number of aromatic nitrogens is 2. The lowest BCUT2D eigenvalue weighted by Crippen LogP contribution is -2.25. The third-order valence-electron chi connectivity index (χ3n) is 4.10. The second kappa shape index (κ2) is 12.2. The molecule has 1 fully saturated rings. The van der Waals surface area contributed by atoms with Gasteiger partial charge in [-0.25, -0.2) is 0 Å². The lowest BCUT2D eigenvalue weighted by Gasteiger charge is -2.27. The standard InChI is InChI=1S/C20H26N2S4/c1-3-9-21-17(5-1)7-11-23-13-19-15-26-20(16-25-19)14-24-12-8-18-6-2-4-10-22-18/h1-6,9-10,19-20H,7-8,11-16H2. The molecule has 1 saturated heterocycles. The van der Waals surface area contributed by atoms with E-state index in [2.05, 4.69) is 81.3 Å². The molecule has 0 N–H and O–H groups in total. The number of thioether (sulfide) groups is 4. The molecule has 2 unspecified atom stereocenters. The minimum Gasteiger partial charge on any atom is -0.261 e. The van der Waals surface area contributed by atoms with Crippen LogP contribution in [0.5, 0.6) is 0 Å². The smallest absolute Gasteiger partial charge is 0.0411 e. The molecule has 2 atom stereocenters. The fraction of sp³-hybridized carbons (Fsp3) is 0.500. The van der Waals surface area contributed by atoms with Crippen LogP contribution in [0.25, 0.3) is 0 Å². The summed E-state index contributed by atoms with van der Waals surface area (Å²) in [7, 11) is 0. The summed E-state index contributed by atoms with van der Waals surface area (Å²) in [6.07, 6.45) is 5.96. The van der Waals surface area contributed by atoms with Crippen molar-refractivity contribution in [1.29, 1.82) is 0 Å². The van der Waals surface area contributed by atoms with Gasteiger partial charge in [-0.15, -0.1) is 0 Å². The average Bonchev–Trinajstić information content (AvgIpc) is 2.71. The van der Waals surface area contributed by atoms with Crippen LogP contribution < -0.4 is 0 Å². The molecule has 0 amide bonds. The molecule has 0 aliphatic carbocycles. The molecular weight excluding hydrogens is 397 g/mol. The summed E-state index contributed by atoms with van der Waals surface area (Å²) in [5, 5.41) is 1.65. The van der Waals surface area contributed by atoms with Gasteiger partial charge in [0.2, 0.25) is 0 Å². The maximum Gasteiger partial charge on any atom is 0.0411 e. The molecular formula is C20H26N2S4. The molecule has 2 nitrogen and oxygen atoms in total. The number of nitrogens with zero attached hydrogens (tertiary/aromatic N) is 2. The lowest BCUT2D eigenvalue weighted by molar-refractivity contribution is 1.03. The molecule has 3 rings (SSSR count). The lowest BCUT2D eigenvalue weighted by atomic mass is 10.3. The molecule has 140 valence electrons. The van der Waals surface area contributed by atoms with Gasteiger partial charge in [-0.05, 0) is 48.6 Å². The normalized spacial score (nSPS) is 20.2. The number of hydrogen-bond donors (Lipinski definition) is 0. The van der Waals surface area contributed by atoms with Gasteiger partial charge in [0, 0.05) is 57.3 Å². The first-order valence-electron chi connectivity index (χ1n) is 9.08. The van der Waals surface area contributed by atoms with E-state index in [0.29, 0.717) is 0 Å². The number of pyridine rings is 2. The van der Waals surface area contributed by atoms with Crippen molar-refractivity contribution in [2.75, 3.05) is 34.5 Å². The van der Waals surface area contributed by atoms with E-state index < -0.39 is 0 Å². The van der Waals surface area contributed by atoms with Gasteiger partial charge in [0.05, 0.1) is 0 Å². The predicted octanol–water partition coefficient (Wildman–Crippen LogP) is 4.95. The third kappa shape index (κ3) is 7.75. The predicted molar refractivity (Wildman–Crippen MR) is 123 cm³/mol. The Morgan fingerprint density at radius 2 is 1.27 bits per heavy atom. The van der Waals surface area contributed by atoms with Crippen molar-refractivity contribution in [3.05, 3.63) is 60.2 Å². The molecule has 0 radical (unpaired) electrons. The maximum absolute atomic E-state index is 4.40. The van der Waals surface area contributed by atoms with E-state index in [4.69, 9.17) is 0 Å². The first kappa shape index (κ1) is 20.4. The van der Waals surface area contributed by atoms with Crippen molar-refractivity contribution in [3.63, 3.8) is 0 Å². The zero-order chi connectivity index (χ0) is 17.9. The number of rotatable bonds is 10. The Morgan fingerprint density at radius 1 is 0.769 bits per heavy atom. The van der Waals surface area contributed by atoms with Gasteiger partial charge in [-0.2, -0.15) is 47.0 Å². The van der Waals surface area contributed by atoms with E-state index in [1.807, 2.05) is 24.5 Å². The van der Waals surface area contributed by atoms with Gasteiger partial charge in [0.15, 0.2) is 0 Å². The summed E-state index contributed by atoms with van der Waals surface area (Å²) in [5.74, 6) is 7.56. The average molecular weight is 423 g/mol. The Kier molecular flexibility index (Phi) is 9.60. The molecule has 2 aromatic rings. The van der Waals surface area contributed by atoms with Gasteiger partial charge >= 0.3 is 0 Å². The second-order valence-corrected chi connectivity index (χ2v) is 11.2. The first-order chi connectivity index (χ1) is 12.9. The van der Waals surface area contributed by atoms with Gasteiger partial charge in [0.1, 0.15) is 0 Å². The van der Waals surface area contributed by atoms with Crippen molar-refractivity contribution in [2.45, 2.75) is 23.3 Å². The van der Waals surface area contributed by atoms with E-state index in [9.17, 15) is 0 Å². The zero-order valence-electron chi connectivity index (χ0n) is 15.0. The van der Waals surface area contributed by atoms with Crippen molar-refractivity contribution >= 4 is 47.0 Å². The van der Waals surface area contributed by atoms with Gasteiger partial charge in [-0.3, -0.25) is 9.97 Å². The molecule has 1 aliphatic heterocycles. The minimum atomic E-state index is 0.823. The first-order valence-corrected chi connectivity index (χ1v) is 13.5. The van der Waals surface area contributed by atoms with Crippen molar-refractivity contribution in [1.82, 2.24) is 9.97 Å². The fourth-order valence-electron chi connectivity index (χ4n) is 2.65. The van der Waals surface area contributed by atoms with E-state index in [1.54, 1.807) is 0 Å². The fourth-order valence-corrected chi connectivity index (χ4v) is 8.55. The highest BCUT2D eigenvalue weighted by Crippen LogP contribution is 2.33. The molecule has 2 aromatic heterocycles. The molecule has 6 heteroatoms. The van der Waals surface area contributed by atoms with Crippen LogP contribution in [0.3, 0.4) is 0 Å². The highest BCUT2D eigenvalue weighted by molar-refractivity contribution is 8.09. The summed E-state index contributed by atoms with van der Waals surface area (Å²) in [6, 6.07) is 12.4. The SMILES string of the molecule is c1ccc(CCSCC2CSC(CSCCc3ccccn3)CS2)nc1. The van der Waals surface area contributed by atoms with E-state index in [-0.39, 0.29) is 0 Å². The van der Waals surface area contributed by atoms with Crippen LogP contribution in [0.4, 0.5) is 0 Å². The van der Waals surface area contributed by atoms with Gasteiger partial charge in [-0.1, -0.05) is 12.1 Å². The Hall–Kier alpha value is -0.300. The Balaban J connectivity index is 1.20. The molecule has 0 saturated carbocycles. The van der Waals surface area contributed by atoms with E-state index in [0.717, 1.165) is 23.3 Å². The topological polar surface area (TPSA) is 25.8 Å². The quantitative estimate of drug-likeness (QED) is 0.503. The van der Waals surface area contributed by atoms with Crippen molar-refractivity contribution in [3.8, 4) is 0 Å². The Morgan fingerprint density at radius 3 is 1.65 bits per heavy atom. The molecule has 0 spiro atoms. The van der Waals surface area contributed by atoms with Crippen LogP contribution in [0.2, 0.25) is 0 Å². The van der Waals surface area contributed by atoms with E-state index >= 15 is 0 Å². The second-order valence-electron chi connectivity index (χ2n) is 6.20. The summed E-state index contributed by atoms with van der Waals surface area (Å²) in [6.45, 7) is 0. The molecule has 3 heterocycles. The highest BCUT2D eigenvalue weighted by atomic mass is 32.2. The highest BCUT2D eigenvalue weighted by Gasteiger charge is 2.21. The van der Waals surface area contributed by atoms with Crippen LogP contribution in [0, 0.1) is 0 Å². The van der Waals surface area contributed by atoms with Gasteiger partial charge in [0.25, 0.3) is 0 Å². The number of hydrogen-bond acceptors (Lipinski definition) is 6. The summed E-state index contributed by atoms with van der Waals surface area (Å²) in [4.78, 5) is 8.80. The third-order valence-corrected chi connectivity index (χ3v) is 10.0. The van der Waals surface area contributed by atoms with Crippen LogP contribution in [-0.2, 0) is 12.8 Å². The Bertz CT molecular complexity index is 548. The molecule has 1 aliphatic rings.